The molecule has 0 atom stereocenters. The Hall–Kier alpha value is 0.0900. The summed E-state index contributed by atoms with van der Waals surface area (Å²) in [6, 6.07) is 0. The predicted molar refractivity (Wildman–Crippen MR) is 52.2 cm³/mol. The van der Waals surface area contributed by atoms with Crippen molar-refractivity contribution in [1.82, 2.24) is 0 Å². The van der Waals surface area contributed by atoms with Crippen molar-refractivity contribution in [2.75, 3.05) is 24.5 Å². The average molecular weight is 158 g/mol. The van der Waals surface area contributed by atoms with Gasteiger partial charge < -0.3 is 0 Å². The molecule has 0 bridgehead atoms. The molecule has 60 valence electrons. The van der Waals surface area contributed by atoms with E-state index in [0.717, 1.165) is 0 Å². The monoisotopic (exact) mass is 158 g/mol. The highest BCUT2D eigenvalue weighted by Gasteiger charge is 2.10. The van der Waals surface area contributed by atoms with Crippen LogP contribution in [0.15, 0.2) is 11.6 Å². The van der Waals surface area contributed by atoms with E-state index in [1.165, 1.54) is 25.0 Å². The Kier molecular flexibility index (Phi) is 2.45. The van der Waals surface area contributed by atoms with E-state index in [4.69, 9.17) is 0 Å². The van der Waals surface area contributed by atoms with Crippen molar-refractivity contribution >= 4 is 10.0 Å². The second-order valence-corrected chi connectivity index (χ2v) is 8.46. The normalized spacial score (nSPS) is 20.9. The Morgan fingerprint density at radius 3 is 2.50 bits per heavy atom. The minimum atomic E-state index is -0.276. The van der Waals surface area contributed by atoms with Gasteiger partial charge in [0.1, 0.15) is 0 Å². The molecule has 10 heavy (non-hydrogen) atoms. The number of rotatable bonds is 2. The van der Waals surface area contributed by atoms with Crippen LogP contribution in [0.5, 0.6) is 0 Å². The summed E-state index contributed by atoms with van der Waals surface area (Å²) in [4.78, 5) is 0. The SMILES string of the molecule is CS(C)(C)CC1=CCCC1. The summed E-state index contributed by atoms with van der Waals surface area (Å²) in [5.74, 6) is 1.38. The molecule has 0 heterocycles. The van der Waals surface area contributed by atoms with E-state index >= 15 is 0 Å². The average Bonchev–Trinajstić information content (AvgIpc) is 2.12. The molecule has 1 rings (SSSR count). The van der Waals surface area contributed by atoms with Crippen molar-refractivity contribution in [2.45, 2.75) is 19.3 Å². The van der Waals surface area contributed by atoms with Crippen molar-refractivity contribution in [1.29, 1.82) is 0 Å². The molecule has 0 amide bonds. The van der Waals surface area contributed by atoms with Gasteiger partial charge in [0, 0.05) is 0 Å². The third-order valence-corrected chi connectivity index (χ3v) is 2.99. The Bertz CT molecular complexity index is 139. The van der Waals surface area contributed by atoms with Crippen LogP contribution in [0.2, 0.25) is 0 Å². The van der Waals surface area contributed by atoms with Crippen molar-refractivity contribution in [3.63, 3.8) is 0 Å². The number of hydrogen-bond donors (Lipinski definition) is 0. The molecule has 0 N–H and O–H groups in total. The molecule has 0 radical (unpaired) electrons. The fourth-order valence-electron chi connectivity index (χ4n) is 1.42. The van der Waals surface area contributed by atoms with Crippen molar-refractivity contribution in [3.05, 3.63) is 11.6 Å². The molecular formula is C9H18S. The second kappa shape index (κ2) is 3.00. The molecule has 0 saturated heterocycles. The lowest BCUT2D eigenvalue weighted by molar-refractivity contribution is 0.908. The van der Waals surface area contributed by atoms with E-state index in [2.05, 4.69) is 24.8 Å². The summed E-state index contributed by atoms with van der Waals surface area (Å²) >= 11 is 0. The zero-order valence-corrected chi connectivity index (χ0v) is 8.13. The molecule has 0 nitrogen and oxygen atoms in total. The predicted octanol–water partition coefficient (Wildman–Crippen LogP) is 2.79. The fourth-order valence-corrected chi connectivity index (χ4v) is 2.80. The molecule has 0 spiro atoms. The van der Waals surface area contributed by atoms with Gasteiger partial charge in [0.2, 0.25) is 0 Å². The summed E-state index contributed by atoms with van der Waals surface area (Å²) in [5, 5.41) is 0. The van der Waals surface area contributed by atoms with E-state index < -0.39 is 0 Å². The van der Waals surface area contributed by atoms with Crippen molar-refractivity contribution in [3.8, 4) is 0 Å². The maximum absolute atomic E-state index is 2.44. The molecule has 0 aliphatic heterocycles. The molecule has 0 aromatic carbocycles. The van der Waals surface area contributed by atoms with Crippen molar-refractivity contribution in [2.24, 2.45) is 0 Å². The molecule has 0 aromatic heterocycles. The van der Waals surface area contributed by atoms with Gasteiger partial charge in [-0.15, -0.1) is 0 Å². The van der Waals surface area contributed by atoms with Crippen LogP contribution in [-0.4, -0.2) is 24.5 Å². The van der Waals surface area contributed by atoms with Gasteiger partial charge in [0.15, 0.2) is 0 Å². The van der Waals surface area contributed by atoms with Gasteiger partial charge in [-0.25, -0.2) is 10.0 Å². The highest BCUT2D eigenvalue weighted by molar-refractivity contribution is 8.32. The Morgan fingerprint density at radius 2 is 2.10 bits per heavy atom. The lowest BCUT2D eigenvalue weighted by Gasteiger charge is -2.25. The Balaban J connectivity index is 2.38. The standard InChI is InChI=1S/C9H18S/c1-10(2,3)8-9-6-4-5-7-9/h6H,4-5,7-8H2,1-3H3. The maximum atomic E-state index is 2.44. The van der Waals surface area contributed by atoms with Gasteiger partial charge in [-0.05, 0) is 43.8 Å². The van der Waals surface area contributed by atoms with Gasteiger partial charge in [-0.1, -0.05) is 11.6 Å². The molecule has 0 aromatic rings. The first-order valence-corrected chi connectivity index (χ1v) is 6.94. The fraction of sp³-hybridized carbons (Fsp3) is 0.778. The molecule has 0 fully saturated rings. The van der Waals surface area contributed by atoms with Gasteiger partial charge in [-0.2, -0.15) is 0 Å². The highest BCUT2D eigenvalue weighted by atomic mass is 32.3. The Morgan fingerprint density at radius 1 is 1.40 bits per heavy atom. The van der Waals surface area contributed by atoms with Crippen LogP contribution >= 0.6 is 10.0 Å². The van der Waals surface area contributed by atoms with Crippen molar-refractivity contribution < 1.29 is 0 Å². The van der Waals surface area contributed by atoms with E-state index in [0.29, 0.717) is 0 Å². The van der Waals surface area contributed by atoms with E-state index in [-0.39, 0.29) is 10.0 Å². The first-order chi connectivity index (χ1) is 4.58. The quantitative estimate of drug-likeness (QED) is 0.542. The zero-order chi connectivity index (χ0) is 7.61. The van der Waals surface area contributed by atoms with Crippen LogP contribution in [0.4, 0.5) is 0 Å². The summed E-state index contributed by atoms with van der Waals surface area (Å²) in [7, 11) is -0.276. The molecule has 0 saturated carbocycles. The summed E-state index contributed by atoms with van der Waals surface area (Å²) in [5.41, 5.74) is 1.72. The molecule has 1 aliphatic rings. The largest absolute Gasteiger partial charge is 0.246 e. The van der Waals surface area contributed by atoms with Gasteiger partial charge >= 0.3 is 0 Å². The summed E-state index contributed by atoms with van der Waals surface area (Å²) < 4.78 is 0. The molecular weight excluding hydrogens is 140 g/mol. The molecule has 1 heteroatoms. The minimum absolute atomic E-state index is 0.276. The van der Waals surface area contributed by atoms with E-state index in [1.807, 2.05) is 0 Å². The number of hydrogen-bond acceptors (Lipinski definition) is 0. The summed E-state index contributed by atoms with van der Waals surface area (Å²) in [6.45, 7) is 0. The molecule has 0 unspecified atom stereocenters. The second-order valence-electron chi connectivity index (χ2n) is 3.99. The lowest BCUT2D eigenvalue weighted by atomic mass is 10.3. The maximum Gasteiger partial charge on any atom is -0.00237 e. The van der Waals surface area contributed by atoms with Crippen LogP contribution in [0.25, 0.3) is 0 Å². The number of allylic oxidation sites excluding steroid dienone is 1. The summed E-state index contributed by atoms with van der Waals surface area (Å²) in [6.07, 6.45) is 13.8. The van der Waals surface area contributed by atoms with Crippen LogP contribution in [0.3, 0.4) is 0 Å². The third-order valence-electron chi connectivity index (χ3n) is 1.75. The van der Waals surface area contributed by atoms with Crippen LogP contribution in [0, 0.1) is 0 Å². The smallest absolute Gasteiger partial charge is 0.00237 e. The van der Waals surface area contributed by atoms with E-state index in [9.17, 15) is 0 Å². The van der Waals surface area contributed by atoms with Gasteiger partial charge in [-0.3, -0.25) is 0 Å². The van der Waals surface area contributed by atoms with Gasteiger partial charge in [0.25, 0.3) is 0 Å². The third kappa shape index (κ3) is 2.78. The molecule has 1 aliphatic carbocycles. The first-order valence-electron chi connectivity index (χ1n) is 3.92. The topological polar surface area (TPSA) is 0 Å². The first kappa shape index (κ1) is 8.19. The highest BCUT2D eigenvalue weighted by Crippen LogP contribution is 2.39. The van der Waals surface area contributed by atoms with E-state index in [1.54, 1.807) is 5.57 Å². The van der Waals surface area contributed by atoms with Crippen LogP contribution in [0.1, 0.15) is 19.3 Å². The van der Waals surface area contributed by atoms with Crippen LogP contribution < -0.4 is 0 Å². The Labute approximate surface area is 66.0 Å². The van der Waals surface area contributed by atoms with Crippen LogP contribution in [-0.2, 0) is 0 Å². The zero-order valence-electron chi connectivity index (χ0n) is 7.31. The van der Waals surface area contributed by atoms with Gasteiger partial charge in [0.05, 0.1) is 0 Å². The lowest BCUT2D eigenvalue weighted by Crippen LogP contribution is -1.99. The minimum Gasteiger partial charge on any atom is -0.246 e.